The average molecular weight is 465 g/mol. The molecule has 4 rings (SSSR count). The van der Waals surface area contributed by atoms with E-state index in [2.05, 4.69) is 25.3 Å². The van der Waals surface area contributed by atoms with E-state index in [9.17, 15) is 9.59 Å². The molecule has 1 N–H and O–H groups in total. The molecule has 2 aromatic heterocycles. The first-order valence-electron chi connectivity index (χ1n) is 11.2. The summed E-state index contributed by atoms with van der Waals surface area (Å²) < 4.78 is 12.2. The Bertz CT molecular complexity index is 1170. The van der Waals surface area contributed by atoms with Crippen molar-refractivity contribution < 1.29 is 14.3 Å². The first-order valence-corrected chi connectivity index (χ1v) is 11.2. The number of carbonyl (C=O) groups excluding carboxylic acids is 1. The SMILES string of the molecule is Cc1ccc(-c2ccc(=O)n(C(C)C(=O)NCCOc3cc(N4CCOCC4)ncn3)n2)cc1. The molecule has 1 aliphatic rings. The van der Waals surface area contributed by atoms with Crippen molar-refractivity contribution in [2.45, 2.75) is 19.9 Å². The van der Waals surface area contributed by atoms with E-state index < -0.39 is 6.04 Å². The molecule has 0 radical (unpaired) electrons. The van der Waals surface area contributed by atoms with Gasteiger partial charge in [-0.3, -0.25) is 9.59 Å². The zero-order chi connectivity index (χ0) is 23.9. The first-order chi connectivity index (χ1) is 16.5. The van der Waals surface area contributed by atoms with Crippen LogP contribution in [0.1, 0.15) is 18.5 Å². The Morgan fingerprint density at radius 3 is 2.68 bits per heavy atom. The third kappa shape index (κ3) is 5.76. The van der Waals surface area contributed by atoms with Gasteiger partial charge in [0.2, 0.25) is 11.8 Å². The number of ether oxygens (including phenoxy) is 2. The van der Waals surface area contributed by atoms with Crippen LogP contribution in [-0.2, 0) is 9.53 Å². The van der Waals surface area contributed by atoms with Crippen LogP contribution < -0.4 is 20.5 Å². The standard InChI is InChI=1S/C24H28N6O4/c1-17-3-5-19(6-4-17)20-7-8-23(31)30(28-20)18(2)24(32)25-9-12-34-22-15-21(26-16-27-22)29-10-13-33-14-11-29/h3-8,15-16,18H,9-14H2,1-2H3,(H,25,32). The Balaban J connectivity index is 1.32. The summed E-state index contributed by atoms with van der Waals surface area (Å²) in [5.74, 6) is 0.892. The third-order valence-corrected chi connectivity index (χ3v) is 5.53. The van der Waals surface area contributed by atoms with E-state index in [4.69, 9.17) is 9.47 Å². The molecule has 10 nitrogen and oxygen atoms in total. The molecule has 0 saturated carbocycles. The predicted octanol–water partition coefficient (Wildman–Crippen LogP) is 1.60. The van der Waals surface area contributed by atoms with E-state index in [0.29, 0.717) is 24.8 Å². The van der Waals surface area contributed by atoms with Gasteiger partial charge in [-0.15, -0.1) is 0 Å². The van der Waals surface area contributed by atoms with E-state index in [1.54, 1.807) is 19.1 Å². The van der Waals surface area contributed by atoms with Crippen LogP contribution in [0, 0.1) is 6.92 Å². The van der Waals surface area contributed by atoms with Crippen LogP contribution in [0.4, 0.5) is 5.82 Å². The van der Waals surface area contributed by atoms with Gasteiger partial charge in [0.25, 0.3) is 5.56 Å². The van der Waals surface area contributed by atoms with E-state index in [1.165, 1.54) is 17.1 Å². The van der Waals surface area contributed by atoms with Gasteiger partial charge in [-0.2, -0.15) is 5.10 Å². The van der Waals surface area contributed by atoms with Crippen LogP contribution in [0.5, 0.6) is 5.88 Å². The molecule has 1 fully saturated rings. The lowest BCUT2D eigenvalue weighted by Crippen LogP contribution is -2.38. The van der Waals surface area contributed by atoms with Gasteiger partial charge >= 0.3 is 0 Å². The Morgan fingerprint density at radius 1 is 1.15 bits per heavy atom. The van der Waals surface area contributed by atoms with Crippen molar-refractivity contribution in [3.05, 3.63) is 64.7 Å². The number of nitrogens with one attached hydrogen (secondary N) is 1. The number of anilines is 1. The molecule has 1 aromatic carbocycles. The van der Waals surface area contributed by atoms with Gasteiger partial charge in [0.05, 0.1) is 25.5 Å². The zero-order valence-corrected chi connectivity index (χ0v) is 19.3. The summed E-state index contributed by atoms with van der Waals surface area (Å²) in [6, 6.07) is 11.9. The fraction of sp³-hybridized carbons (Fsp3) is 0.375. The maximum absolute atomic E-state index is 12.6. The highest BCUT2D eigenvalue weighted by Crippen LogP contribution is 2.18. The normalized spacial score (nSPS) is 14.5. The van der Waals surface area contributed by atoms with Gasteiger partial charge in [0.1, 0.15) is 24.8 Å². The van der Waals surface area contributed by atoms with Gasteiger partial charge in [-0.1, -0.05) is 29.8 Å². The first kappa shape index (κ1) is 23.4. The molecule has 0 spiro atoms. The third-order valence-electron chi connectivity index (χ3n) is 5.53. The van der Waals surface area contributed by atoms with Crippen molar-refractivity contribution in [2.24, 2.45) is 0 Å². The average Bonchev–Trinajstić information content (AvgIpc) is 2.87. The van der Waals surface area contributed by atoms with Crippen LogP contribution >= 0.6 is 0 Å². The molecular formula is C24H28N6O4. The van der Waals surface area contributed by atoms with E-state index in [-0.39, 0.29) is 24.6 Å². The van der Waals surface area contributed by atoms with Crippen LogP contribution in [-0.4, -0.2) is 65.1 Å². The number of nitrogens with zero attached hydrogens (tertiary/aromatic N) is 5. The van der Waals surface area contributed by atoms with Crippen LogP contribution in [0.15, 0.2) is 53.6 Å². The van der Waals surface area contributed by atoms with E-state index in [0.717, 1.165) is 30.0 Å². The maximum Gasteiger partial charge on any atom is 0.267 e. The molecule has 0 bridgehead atoms. The Hall–Kier alpha value is -3.79. The number of rotatable bonds is 8. The van der Waals surface area contributed by atoms with Crippen molar-refractivity contribution in [3.8, 4) is 17.1 Å². The second kappa shape index (κ2) is 10.9. The fourth-order valence-corrected chi connectivity index (χ4v) is 3.54. The maximum atomic E-state index is 12.6. The quantitative estimate of drug-likeness (QED) is 0.501. The number of hydrogen-bond acceptors (Lipinski definition) is 8. The Morgan fingerprint density at radius 2 is 1.91 bits per heavy atom. The van der Waals surface area contributed by atoms with Gasteiger partial charge < -0.3 is 19.7 Å². The minimum atomic E-state index is -0.773. The summed E-state index contributed by atoms with van der Waals surface area (Å²) in [5.41, 5.74) is 2.29. The summed E-state index contributed by atoms with van der Waals surface area (Å²) in [7, 11) is 0. The monoisotopic (exact) mass is 464 g/mol. The molecule has 178 valence electrons. The summed E-state index contributed by atoms with van der Waals surface area (Å²) >= 11 is 0. The molecule has 3 heterocycles. The van der Waals surface area contributed by atoms with Crippen molar-refractivity contribution >= 4 is 11.7 Å². The summed E-state index contributed by atoms with van der Waals surface area (Å²) in [4.78, 5) is 35.5. The van der Waals surface area contributed by atoms with Crippen molar-refractivity contribution in [1.29, 1.82) is 0 Å². The lowest BCUT2D eigenvalue weighted by atomic mass is 10.1. The van der Waals surface area contributed by atoms with Gasteiger partial charge in [0.15, 0.2) is 0 Å². The molecule has 1 saturated heterocycles. The van der Waals surface area contributed by atoms with Gasteiger partial charge in [-0.25, -0.2) is 14.6 Å². The van der Waals surface area contributed by atoms with Crippen molar-refractivity contribution in [1.82, 2.24) is 25.1 Å². The number of amides is 1. The van der Waals surface area contributed by atoms with Crippen molar-refractivity contribution in [3.63, 3.8) is 0 Å². The zero-order valence-electron chi connectivity index (χ0n) is 19.3. The molecule has 1 aliphatic heterocycles. The minimum absolute atomic E-state index is 0.226. The van der Waals surface area contributed by atoms with E-state index >= 15 is 0 Å². The van der Waals surface area contributed by atoms with Crippen LogP contribution in [0.25, 0.3) is 11.3 Å². The number of aryl methyl sites for hydroxylation is 1. The molecule has 10 heteroatoms. The molecule has 1 unspecified atom stereocenters. The smallest absolute Gasteiger partial charge is 0.267 e. The van der Waals surface area contributed by atoms with Crippen LogP contribution in [0.3, 0.4) is 0 Å². The summed E-state index contributed by atoms with van der Waals surface area (Å²) in [6.07, 6.45) is 1.46. The predicted molar refractivity (Wildman–Crippen MR) is 127 cm³/mol. The van der Waals surface area contributed by atoms with Gasteiger partial charge in [-0.05, 0) is 19.9 Å². The molecule has 0 aliphatic carbocycles. The molecule has 3 aromatic rings. The largest absolute Gasteiger partial charge is 0.476 e. The number of morpholine rings is 1. The lowest BCUT2D eigenvalue weighted by Gasteiger charge is -2.27. The van der Waals surface area contributed by atoms with Crippen LogP contribution in [0.2, 0.25) is 0 Å². The number of carbonyl (C=O) groups is 1. The van der Waals surface area contributed by atoms with E-state index in [1.807, 2.05) is 31.2 Å². The molecule has 34 heavy (non-hydrogen) atoms. The second-order valence-electron chi connectivity index (χ2n) is 8.00. The number of benzene rings is 1. The topological polar surface area (TPSA) is 111 Å². The van der Waals surface area contributed by atoms with Crippen molar-refractivity contribution in [2.75, 3.05) is 44.4 Å². The summed E-state index contributed by atoms with van der Waals surface area (Å²) in [5, 5.41) is 7.19. The minimum Gasteiger partial charge on any atom is -0.476 e. The number of aromatic nitrogens is 4. The summed E-state index contributed by atoms with van der Waals surface area (Å²) in [6.45, 7) is 6.99. The lowest BCUT2D eigenvalue weighted by molar-refractivity contribution is -0.124. The fourth-order valence-electron chi connectivity index (χ4n) is 3.54. The highest BCUT2D eigenvalue weighted by Gasteiger charge is 2.18. The molecular weight excluding hydrogens is 436 g/mol. The molecule has 1 amide bonds. The van der Waals surface area contributed by atoms with Gasteiger partial charge in [0, 0.05) is 30.8 Å². The second-order valence-corrected chi connectivity index (χ2v) is 8.00. The highest BCUT2D eigenvalue weighted by atomic mass is 16.5. The Kier molecular flexibility index (Phi) is 7.48. The number of hydrogen-bond donors (Lipinski definition) is 1. The Labute approximate surface area is 197 Å². The molecule has 1 atom stereocenters. The highest BCUT2D eigenvalue weighted by molar-refractivity contribution is 5.79.